The molecule has 2 rings (SSSR count). The number of β-amino-alcohol motifs (C(OH)–C–C–N with tert-alkyl or cyclic N) is 1. The minimum atomic E-state index is -0.166. The number of ether oxygens (including phenoxy) is 1. The molecule has 1 aliphatic rings. The lowest BCUT2D eigenvalue weighted by Gasteiger charge is -2.15. The predicted molar refractivity (Wildman–Crippen MR) is 64.0 cm³/mol. The Morgan fingerprint density at radius 3 is 2.94 bits per heavy atom. The Bertz CT molecular complexity index is 346. The number of nitrogens with zero attached hydrogens (tertiary/aromatic N) is 1. The lowest BCUT2D eigenvalue weighted by Crippen LogP contribution is -2.27. The molecule has 0 unspecified atom stereocenters. The van der Waals surface area contributed by atoms with Crippen molar-refractivity contribution in [1.29, 1.82) is 0 Å². The van der Waals surface area contributed by atoms with Gasteiger partial charge < -0.3 is 9.84 Å². The van der Waals surface area contributed by atoms with Crippen molar-refractivity contribution in [3.05, 3.63) is 29.3 Å². The molecule has 1 aromatic rings. The van der Waals surface area contributed by atoms with E-state index in [-0.39, 0.29) is 6.10 Å². The molecular weight excluding hydrogens is 226 g/mol. The van der Waals surface area contributed by atoms with Gasteiger partial charge in [-0.05, 0) is 18.6 Å². The molecule has 88 valence electrons. The highest BCUT2D eigenvalue weighted by molar-refractivity contribution is 6.32. The minimum absolute atomic E-state index is 0.166. The monoisotopic (exact) mass is 241 g/mol. The topological polar surface area (TPSA) is 32.7 Å². The van der Waals surface area contributed by atoms with Gasteiger partial charge in [0.15, 0.2) is 0 Å². The van der Waals surface area contributed by atoms with Crippen LogP contribution in [-0.2, 0) is 0 Å². The van der Waals surface area contributed by atoms with Gasteiger partial charge in [-0.3, -0.25) is 4.90 Å². The molecule has 0 radical (unpaired) electrons. The zero-order chi connectivity index (χ0) is 11.4. The maximum atomic E-state index is 9.36. The van der Waals surface area contributed by atoms with E-state index in [0.29, 0.717) is 11.6 Å². The Kier molecular flexibility index (Phi) is 4.04. The first-order valence-corrected chi connectivity index (χ1v) is 5.91. The van der Waals surface area contributed by atoms with Crippen LogP contribution in [0, 0.1) is 0 Å². The molecule has 0 aromatic heterocycles. The number of rotatable bonds is 4. The van der Waals surface area contributed by atoms with Crippen LogP contribution in [0.4, 0.5) is 0 Å². The van der Waals surface area contributed by atoms with E-state index in [1.165, 1.54) is 0 Å². The molecule has 0 saturated carbocycles. The third-order valence-electron chi connectivity index (χ3n) is 2.75. The quantitative estimate of drug-likeness (QED) is 0.873. The number of likely N-dealkylation sites (tertiary alicyclic amines) is 1. The Hall–Kier alpha value is -0.770. The van der Waals surface area contributed by atoms with Crippen molar-refractivity contribution in [2.75, 3.05) is 26.2 Å². The Labute approximate surface area is 101 Å². The van der Waals surface area contributed by atoms with Crippen LogP contribution in [0.25, 0.3) is 0 Å². The number of hydrogen-bond donors (Lipinski definition) is 1. The van der Waals surface area contributed by atoms with E-state index in [1.54, 1.807) is 0 Å². The van der Waals surface area contributed by atoms with Crippen molar-refractivity contribution in [1.82, 2.24) is 4.90 Å². The van der Waals surface area contributed by atoms with Crippen LogP contribution in [0.15, 0.2) is 24.3 Å². The molecule has 0 amide bonds. The average Bonchev–Trinajstić information content (AvgIpc) is 2.67. The van der Waals surface area contributed by atoms with Crippen LogP contribution < -0.4 is 4.74 Å². The van der Waals surface area contributed by atoms with Crippen LogP contribution in [0.1, 0.15) is 6.42 Å². The summed E-state index contributed by atoms with van der Waals surface area (Å²) >= 11 is 5.96. The number of para-hydroxylation sites is 1. The highest BCUT2D eigenvalue weighted by Gasteiger charge is 2.19. The van der Waals surface area contributed by atoms with Gasteiger partial charge in [0.1, 0.15) is 12.4 Å². The van der Waals surface area contributed by atoms with Gasteiger partial charge >= 0.3 is 0 Å². The summed E-state index contributed by atoms with van der Waals surface area (Å²) in [6.07, 6.45) is 0.701. The molecule has 4 heteroatoms. The first-order valence-electron chi connectivity index (χ1n) is 5.53. The maximum absolute atomic E-state index is 9.36. The van der Waals surface area contributed by atoms with Crippen LogP contribution in [0.2, 0.25) is 5.02 Å². The Morgan fingerprint density at radius 1 is 1.44 bits per heavy atom. The van der Waals surface area contributed by atoms with Crippen molar-refractivity contribution in [3.8, 4) is 5.75 Å². The lowest BCUT2D eigenvalue weighted by atomic mass is 10.3. The number of aliphatic hydroxyl groups is 1. The summed E-state index contributed by atoms with van der Waals surface area (Å²) in [6.45, 7) is 3.15. The predicted octanol–water partition coefficient (Wildman–Crippen LogP) is 1.79. The fourth-order valence-corrected chi connectivity index (χ4v) is 2.05. The van der Waals surface area contributed by atoms with Crippen molar-refractivity contribution < 1.29 is 9.84 Å². The van der Waals surface area contributed by atoms with E-state index in [1.807, 2.05) is 24.3 Å². The molecule has 1 atom stereocenters. The normalized spacial score (nSPS) is 21.2. The van der Waals surface area contributed by atoms with Crippen molar-refractivity contribution >= 4 is 11.6 Å². The van der Waals surface area contributed by atoms with Gasteiger partial charge in [0.25, 0.3) is 0 Å². The van der Waals surface area contributed by atoms with E-state index in [4.69, 9.17) is 16.3 Å². The summed E-state index contributed by atoms with van der Waals surface area (Å²) in [5.41, 5.74) is 0. The maximum Gasteiger partial charge on any atom is 0.137 e. The second-order valence-electron chi connectivity index (χ2n) is 4.02. The summed E-state index contributed by atoms with van der Waals surface area (Å²) < 4.78 is 5.58. The second-order valence-corrected chi connectivity index (χ2v) is 4.43. The summed E-state index contributed by atoms with van der Waals surface area (Å²) in [6, 6.07) is 7.46. The highest BCUT2D eigenvalue weighted by atomic mass is 35.5. The van der Waals surface area contributed by atoms with Crippen LogP contribution >= 0.6 is 11.6 Å². The summed E-state index contributed by atoms with van der Waals surface area (Å²) in [5, 5.41) is 10.00. The Morgan fingerprint density at radius 2 is 2.25 bits per heavy atom. The van der Waals surface area contributed by atoms with Crippen molar-refractivity contribution in [2.45, 2.75) is 12.5 Å². The molecule has 1 fully saturated rings. The van der Waals surface area contributed by atoms with Gasteiger partial charge in [0.05, 0.1) is 11.1 Å². The summed E-state index contributed by atoms with van der Waals surface area (Å²) in [4.78, 5) is 2.20. The smallest absolute Gasteiger partial charge is 0.137 e. The van der Waals surface area contributed by atoms with E-state index in [9.17, 15) is 5.11 Å². The molecular formula is C12H16ClNO2. The molecule has 1 heterocycles. The standard InChI is InChI=1S/C12H16ClNO2/c13-11-3-1-2-4-12(11)16-8-7-14-6-5-10(15)9-14/h1-4,10,15H,5-9H2/t10-/m0/s1. The molecule has 1 aromatic carbocycles. The van der Waals surface area contributed by atoms with Crippen LogP contribution in [0.5, 0.6) is 5.75 Å². The van der Waals surface area contributed by atoms with Gasteiger partial charge in [-0.15, -0.1) is 0 Å². The van der Waals surface area contributed by atoms with Gasteiger partial charge in [-0.25, -0.2) is 0 Å². The minimum Gasteiger partial charge on any atom is -0.491 e. The first kappa shape index (κ1) is 11.7. The SMILES string of the molecule is O[C@H]1CCN(CCOc2ccccc2Cl)C1. The molecule has 16 heavy (non-hydrogen) atoms. The van der Waals surface area contributed by atoms with Gasteiger partial charge in [-0.1, -0.05) is 23.7 Å². The van der Waals surface area contributed by atoms with E-state index in [2.05, 4.69) is 4.90 Å². The van der Waals surface area contributed by atoms with Crippen molar-refractivity contribution in [2.24, 2.45) is 0 Å². The molecule has 3 nitrogen and oxygen atoms in total. The highest BCUT2D eigenvalue weighted by Crippen LogP contribution is 2.23. The largest absolute Gasteiger partial charge is 0.491 e. The average molecular weight is 242 g/mol. The third-order valence-corrected chi connectivity index (χ3v) is 3.06. The van der Waals surface area contributed by atoms with Crippen LogP contribution in [-0.4, -0.2) is 42.4 Å². The summed E-state index contributed by atoms with van der Waals surface area (Å²) in [7, 11) is 0. The number of aliphatic hydroxyl groups excluding tert-OH is 1. The Balaban J connectivity index is 1.74. The molecule has 0 aliphatic carbocycles. The molecule has 0 spiro atoms. The van der Waals surface area contributed by atoms with Crippen LogP contribution in [0.3, 0.4) is 0 Å². The number of hydrogen-bond acceptors (Lipinski definition) is 3. The van der Waals surface area contributed by atoms with Crippen molar-refractivity contribution in [3.63, 3.8) is 0 Å². The summed E-state index contributed by atoms with van der Waals surface area (Å²) in [5.74, 6) is 0.726. The van der Waals surface area contributed by atoms with Gasteiger partial charge in [-0.2, -0.15) is 0 Å². The fraction of sp³-hybridized carbons (Fsp3) is 0.500. The molecule has 0 bridgehead atoms. The van der Waals surface area contributed by atoms with Gasteiger partial charge in [0, 0.05) is 19.6 Å². The molecule has 1 aliphatic heterocycles. The second kappa shape index (κ2) is 5.53. The zero-order valence-corrected chi connectivity index (χ0v) is 9.86. The van der Waals surface area contributed by atoms with E-state index >= 15 is 0 Å². The third kappa shape index (κ3) is 3.11. The van der Waals surface area contributed by atoms with Gasteiger partial charge in [0.2, 0.25) is 0 Å². The van der Waals surface area contributed by atoms with E-state index < -0.39 is 0 Å². The fourth-order valence-electron chi connectivity index (χ4n) is 1.86. The number of benzene rings is 1. The van der Waals surface area contributed by atoms with E-state index in [0.717, 1.165) is 31.8 Å². The zero-order valence-electron chi connectivity index (χ0n) is 9.10. The molecule has 1 N–H and O–H groups in total. The first-order chi connectivity index (χ1) is 7.75. The number of halogens is 1. The molecule has 1 saturated heterocycles. The lowest BCUT2D eigenvalue weighted by molar-refractivity contribution is 0.167.